The Morgan fingerprint density at radius 3 is 2.79 bits per heavy atom. The second-order valence-electron chi connectivity index (χ2n) is 5.87. The maximum Gasteiger partial charge on any atom is 0.340 e. The summed E-state index contributed by atoms with van der Waals surface area (Å²) >= 11 is 1.51. The van der Waals surface area contributed by atoms with Crippen molar-refractivity contribution in [2.24, 2.45) is 0 Å². The van der Waals surface area contributed by atoms with Crippen molar-refractivity contribution in [3.63, 3.8) is 0 Å². The fourth-order valence-corrected chi connectivity index (χ4v) is 3.66. The van der Waals surface area contributed by atoms with Crippen LogP contribution in [0, 0.1) is 13.8 Å². The summed E-state index contributed by atoms with van der Waals surface area (Å²) in [5, 5.41) is 5.96. The molecule has 0 bridgehead atoms. The Morgan fingerprint density at radius 1 is 1.12 bits per heavy atom. The lowest BCUT2D eigenvalue weighted by molar-refractivity contribution is 0.0437. The molecule has 1 aromatic heterocycles. The first-order valence-corrected chi connectivity index (χ1v) is 8.59. The van der Waals surface area contributed by atoms with Crippen LogP contribution in [0.3, 0.4) is 0 Å². The quantitative estimate of drug-likeness (QED) is 0.704. The van der Waals surface area contributed by atoms with E-state index in [1.165, 1.54) is 22.5 Å². The average molecular weight is 336 g/mol. The van der Waals surface area contributed by atoms with Gasteiger partial charge in [0.25, 0.3) is 0 Å². The van der Waals surface area contributed by atoms with Crippen LogP contribution in [-0.4, -0.2) is 11.0 Å². The van der Waals surface area contributed by atoms with Gasteiger partial charge in [-0.1, -0.05) is 42.0 Å². The first-order valence-electron chi connectivity index (χ1n) is 7.71. The smallest absolute Gasteiger partial charge is 0.340 e. The molecule has 1 atom stereocenters. The second kappa shape index (κ2) is 5.76. The Morgan fingerprint density at radius 2 is 1.96 bits per heavy atom. The van der Waals surface area contributed by atoms with Crippen LogP contribution < -0.4 is 5.32 Å². The molecule has 2 heterocycles. The number of fused-ring (bicyclic) bond motifs is 1. The van der Waals surface area contributed by atoms with Gasteiger partial charge in [0.1, 0.15) is 0 Å². The molecule has 0 fully saturated rings. The largest absolute Gasteiger partial charge is 0.434 e. The molecule has 120 valence electrons. The predicted molar refractivity (Wildman–Crippen MR) is 95.2 cm³/mol. The van der Waals surface area contributed by atoms with E-state index in [0.717, 1.165) is 22.0 Å². The Labute approximate surface area is 144 Å². The molecule has 0 spiro atoms. The first-order chi connectivity index (χ1) is 11.6. The van der Waals surface area contributed by atoms with Crippen molar-refractivity contribution in [3.8, 4) is 11.3 Å². The van der Waals surface area contributed by atoms with Gasteiger partial charge in [-0.2, -0.15) is 0 Å². The number of aromatic nitrogens is 1. The molecule has 2 aromatic carbocycles. The molecular formula is C19H16N2O2S. The molecule has 0 unspecified atom stereocenters. The highest BCUT2D eigenvalue weighted by Crippen LogP contribution is 2.34. The number of anilines is 1. The van der Waals surface area contributed by atoms with E-state index in [-0.39, 0.29) is 5.97 Å². The van der Waals surface area contributed by atoms with E-state index in [1.54, 1.807) is 6.07 Å². The zero-order valence-corrected chi connectivity index (χ0v) is 14.2. The molecule has 1 aliphatic rings. The summed E-state index contributed by atoms with van der Waals surface area (Å²) in [5.41, 5.74) is 5.95. The van der Waals surface area contributed by atoms with Crippen molar-refractivity contribution in [2.75, 3.05) is 5.32 Å². The number of cyclic esters (lactones) is 1. The third-order valence-corrected chi connectivity index (χ3v) is 4.88. The molecule has 24 heavy (non-hydrogen) atoms. The number of esters is 1. The third-order valence-electron chi connectivity index (χ3n) is 4.10. The van der Waals surface area contributed by atoms with Crippen LogP contribution in [0.1, 0.15) is 33.3 Å². The van der Waals surface area contributed by atoms with E-state index in [2.05, 4.69) is 42.3 Å². The number of ether oxygens (including phenoxy) is 1. The van der Waals surface area contributed by atoms with Crippen molar-refractivity contribution in [3.05, 3.63) is 70.1 Å². The van der Waals surface area contributed by atoms with Gasteiger partial charge in [-0.15, -0.1) is 11.3 Å². The number of hydrogen-bond donors (Lipinski definition) is 1. The van der Waals surface area contributed by atoms with Crippen LogP contribution in [0.4, 0.5) is 5.13 Å². The van der Waals surface area contributed by atoms with E-state index in [9.17, 15) is 4.79 Å². The highest BCUT2D eigenvalue weighted by molar-refractivity contribution is 7.14. The minimum absolute atomic E-state index is 0.297. The van der Waals surface area contributed by atoms with Gasteiger partial charge in [-0.3, -0.25) is 0 Å². The number of carbonyl (C=O) groups excluding carboxylic acids is 1. The normalized spacial score (nSPS) is 15.9. The standard InChI is InChI=1S/C19H16N2O2S/c1-11-7-8-13(12(2)9-11)16-10-24-19(20-16)21-17-14-5-3-4-6-15(14)18(22)23-17/h3-10,17H,1-2H3,(H,20,21)/t17-/m0/s1. The summed E-state index contributed by atoms with van der Waals surface area (Å²) < 4.78 is 5.41. The summed E-state index contributed by atoms with van der Waals surface area (Å²) in [6, 6.07) is 13.7. The van der Waals surface area contributed by atoms with Gasteiger partial charge in [0, 0.05) is 16.5 Å². The molecule has 1 aliphatic heterocycles. The van der Waals surface area contributed by atoms with Crippen LogP contribution in [-0.2, 0) is 4.74 Å². The third kappa shape index (κ3) is 2.57. The minimum atomic E-state index is -0.480. The average Bonchev–Trinajstić information content (AvgIpc) is 3.14. The highest BCUT2D eigenvalue weighted by Gasteiger charge is 2.30. The number of nitrogens with one attached hydrogen (secondary N) is 1. The molecule has 0 saturated heterocycles. The van der Waals surface area contributed by atoms with Crippen molar-refractivity contribution in [1.29, 1.82) is 0 Å². The monoisotopic (exact) mass is 336 g/mol. The summed E-state index contributed by atoms with van der Waals surface area (Å²) in [6.45, 7) is 4.17. The maximum absolute atomic E-state index is 11.9. The van der Waals surface area contributed by atoms with E-state index in [0.29, 0.717) is 5.56 Å². The second-order valence-corrected chi connectivity index (χ2v) is 6.73. The number of rotatable bonds is 3. The van der Waals surface area contributed by atoms with Crippen LogP contribution in [0.15, 0.2) is 47.8 Å². The van der Waals surface area contributed by atoms with Crippen LogP contribution >= 0.6 is 11.3 Å². The summed E-state index contributed by atoms with van der Waals surface area (Å²) in [4.78, 5) is 16.5. The van der Waals surface area contributed by atoms with Crippen molar-refractivity contribution in [1.82, 2.24) is 4.98 Å². The molecule has 4 nitrogen and oxygen atoms in total. The van der Waals surface area contributed by atoms with Crippen LogP contribution in [0.5, 0.6) is 0 Å². The molecule has 4 rings (SSSR count). The van der Waals surface area contributed by atoms with Crippen molar-refractivity contribution < 1.29 is 9.53 Å². The summed E-state index contributed by atoms with van der Waals surface area (Å²) in [6.07, 6.45) is -0.480. The Hall–Kier alpha value is -2.66. The van der Waals surface area contributed by atoms with E-state index >= 15 is 0 Å². The SMILES string of the molecule is Cc1ccc(-c2csc(N[C@H]3OC(=O)c4ccccc43)n2)c(C)c1. The topological polar surface area (TPSA) is 51.2 Å². The lowest BCUT2D eigenvalue weighted by Gasteiger charge is -2.11. The Balaban J connectivity index is 1.60. The molecule has 0 amide bonds. The predicted octanol–water partition coefficient (Wildman–Crippen LogP) is 4.71. The van der Waals surface area contributed by atoms with Gasteiger partial charge in [0.15, 0.2) is 5.13 Å². The number of hydrogen-bond acceptors (Lipinski definition) is 5. The zero-order chi connectivity index (χ0) is 16.7. The molecule has 0 radical (unpaired) electrons. The van der Waals surface area contributed by atoms with Gasteiger partial charge in [0.05, 0.1) is 11.3 Å². The molecule has 5 heteroatoms. The minimum Gasteiger partial charge on any atom is -0.434 e. The van der Waals surface area contributed by atoms with E-state index in [1.807, 2.05) is 23.6 Å². The summed E-state index contributed by atoms with van der Waals surface area (Å²) in [7, 11) is 0. The Kier molecular flexibility index (Phi) is 3.58. The molecule has 0 aliphatic carbocycles. The number of carbonyl (C=O) groups is 1. The lowest BCUT2D eigenvalue weighted by Crippen LogP contribution is -2.10. The molecule has 0 saturated carbocycles. The van der Waals surface area contributed by atoms with E-state index < -0.39 is 6.23 Å². The molecule has 1 N–H and O–H groups in total. The number of nitrogens with zero attached hydrogens (tertiary/aromatic N) is 1. The highest BCUT2D eigenvalue weighted by atomic mass is 32.1. The van der Waals surface area contributed by atoms with Gasteiger partial charge in [0.2, 0.25) is 6.23 Å². The van der Waals surface area contributed by atoms with Crippen molar-refractivity contribution in [2.45, 2.75) is 20.1 Å². The fourth-order valence-electron chi connectivity index (χ4n) is 2.93. The first kappa shape index (κ1) is 14.9. The Bertz CT molecular complexity index is 933. The number of aryl methyl sites for hydroxylation is 2. The van der Waals surface area contributed by atoms with Crippen LogP contribution in [0.2, 0.25) is 0 Å². The van der Waals surface area contributed by atoms with Gasteiger partial charge in [-0.25, -0.2) is 9.78 Å². The van der Waals surface area contributed by atoms with Crippen LogP contribution in [0.25, 0.3) is 11.3 Å². The van der Waals surface area contributed by atoms with Gasteiger partial charge >= 0.3 is 5.97 Å². The molecular weight excluding hydrogens is 320 g/mol. The molecule has 3 aromatic rings. The van der Waals surface area contributed by atoms with Crippen molar-refractivity contribution >= 4 is 22.4 Å². The van der Waals surface area contributed by atoms with Gasteiger partial charge in [-0.05, 0) is 25.5 Å². The lowest BCUT2D eigenvalue weighted by atomic mass is 10.0. The maximum atomic E-state index is 11.9. The van der Waals surface area contributed by atoms with E-state index in [4.69, 9.17) is 4.74 Å². The fraction of sp³-hybridized carbons (Fsp3) is 0.158. The summed E-state index contributed by atoms with van der Waals surface area (Å²) in [5.74, 6) is -0.297. The zero-order valence-electron chi connectivity index (χ0n) is 13.4. The number of benzene rings is 2. The van der Waals surface area contributed by atoms with Gasteiger partial charge < -0.3 is 10.1 Å². The number of thiazole rings is 1.